The minimum absolute atomic E-state index is 0. The number of hydrogen-bond donors (Lipinski definition) is 1. The Kier molecular flexibility index (Phi) is 6.56. The second-order valence-electron chi connectivity index (χ2n) is 6.13. The van der Waals surface area contributed by atoms with Gasteiger partial charge in [-0.2, -0.15) is 4.31 Å². The van der Waals surface area contributed by atoms with E-state index in [1.54, 1.807) is 4.90 Å². The molecule has 144 valence electrons. The lowest BCUT2D eigenvalue weighted by Gasteiger charge is -2.35. The number of amides is 1. The van der Waals surface area contributed by atoms with Gasteiger partial charge in [0.05, 0.1) is 15.9 Å². The first-order valence-corrected chi connectivity index (χ1v) is 9.60. The average Bonchev–Trinajstić information content (AvgIpc) is 3.16. The molecular weight excluding hydrogens is 384 g/mol. The fourth-order valence-electron chi connectivity index (χ4n) is 3.17. The Morgan fingerprint density at radius 3 is 2.50 bits per heavy atom. The van der Waals surface area contributed by atoms with Crippen LogP contribution < -0.4 is 5.32 Å². The van der Waals surface area contributed by atoms with Gasteiger partial charge in [-0.1, -0.05) is 6.07 Å². The van der Waals surface area contributed by atoms with E-state index in [1.165, 1.54) is 22.5 Å². The number of piperazine rings is 1. The van der Waals surface area contributed by atoms with Crippen molar-refractivity contribution >= 4 is 34.0 Å². The predicted octanol–water partition coefficient (Wildman–Crippen LogP) is 0.601. The van der Waals surface area contributed by atoms with E-state index < -0.39 is 14.9 Å². The quantitative estimate of drug-likeness (QED) is 0.580. The van der Waals surface area contributed by atoms with Crippen molar-refractivity contribution in [3.8, 4) is 0 Å². The second kappa shape index (κ2) is 8.30. The number of carbonyl (C=O) groups excluding carboxylic acids is 1. The maximum absolute atomic E-state index is 12.7. The first-order chi connectivity index (χ1) is 11.9. The molecule has 26 heavy (non-hydrogen) atoms. The molecule has 2 saturated heterocycles. The largest absolute Gasteiger partial charge is 0.339 e. The number of nitro groups is 1. The average molecular weight is 405 g/mol. The van der Waals surface area contributed by atoms with Crippen LogP contribution in [0.15, 0.2) is 29.2 Å². The molecule has 11 heteroatoms. The van der Waals surface area contributed by atoms with Gasteiger partial charge in [0.1, 0.15) is 0 Å². The molecule has 2 fully saturated rings. The van der Waals surface area contributed by atoms with Crippen molar-refractivity contribution in [1.29, 1.82) is 0 Å². The van der Waals surface area contributed by atoms with Crippen LogP contribution in [0.1, 0.15) is 12.8 Å². The normalized spacial score (nSPS) is 21.2. The van der Waals surface area contributed by atoms with Crippen molar-refractivity contribution in [3.05, 3.63) is 34.4 Å². The SMILES string of the molecule is Cl.O=C(C1CCCN1)N1CCN(S(=O)(=O)c2cccc([N+](=O)[O-])c2)CC1. The number of hydrogen-bond acceptors (Lipinski definition) is 6. The molecule has 1 unspecified atom stereocenters. The lowest BCUT2D eigenvalue weighted by Crippen LogP contribution is -2.54. The Morgan fingerprint density at radius 2 is 1.92 bits per heavy atom. The molecule has 2 heterocycles. The summed E-state index contributed by atoms with van der Waals surface area (Å²) in [7, 11) is -3.81. The van der Waals surface area contributed by atoms with Crippen molar-refractivity contribution < 1.29 is 18.1 Å². The lowest BCUT2D eigenvalue weighted by atomic mass is 10.2. The van der Waals surface area contributed by atoms with Crippen molar-refractivity contribution in [2.75, 3.05) is 32.7 Å². The van der Waals surface area contributed by atoms with Gasteiger partial charge in [0.25, 0.3) is 5.69 Å². The molecule has 1 aromatic carbocycles. The molecule has 9 nitrogen and oxygen atoms in total. The van der Waals surface area contributed by atoms with Crippen LogP contribution in [0.2, 0.25) is 0 Å². The smallest absolute Gasteiger partial charge is 0.270 e. The number of carbonyl (C=O) groups is 1. The van der Waals surface area contributed by atoms with E-state index in [0.717, 1.165) is 25.5 Å². The van der Waals surface area contributed by atoms with Crippen LogP contribution in [0.25, 0.3) is 0 Å². The lowest BCUT2D eigenvalue weighted by molar-refractivity contribution is -0.385. The van der Waals surface area contributed by atoms with Crippen molar-refractivity contribution in [1.82, 2.24) is 14.5 Å². The van der Waals surface area contributed by atoms with Crippen LogP contribution in [-0.2, 0) is 14.8 Å². The fourth-order valence-corrected chi connectivity index (χ4v) is 4.63. The van der Waals surface area contributed by atoms with Gasteiger partial charge < -0.3 is 10.2 Å². The summed E-state index contributed by atoms with van der Waals surface area (Å²) in [6, 6.07) is 4.86. The summed E-state index contributed by atoms with van der Waals surface area (Å²) < 4.78 is 26.6. The third-order valence-corrected chi connectivity index (χ3v) is 6.47. The summed E-state index contributed by atoms with van der Waals surface area (Å²) in [6.45, 7) is 1.85. The molecular formula is C15H21ClN4O5S. The van der Waals surface area contributed by atoms with Crippen LogP contribution in [0.3, 0.4) is 0 Å². The zero-order chi connectivity index (χ0) is 18.0. The van der Waals surface area contributed by atoms with E-state index >= 15 is 0 Å². The first-order valence-electron chi connectivity index (χ1n) is 8.16. The number of nitrogens with one attached hydrogen (secondary N) is 1. The molecule has 1 aromatic rings. The van der Waals surface area contributed by atoms with Gasteiger partial charge in [-0.25, -0.2) is 8.42 Å². The van der Waals surface area contributed by atoms with Gasteiger partial charge in [0, 0.05) is 38.3 Å². The Bertz CT molecular complexity index is 774. The first kappa shape index (κ1) is 20.6. The minimum atomic E-state index is -3.81. The third-order valence-electron chi connectivity index (χ3n) is 4.57. The van der Waals surface area contributed by atoms with E-state index in [-0.39, 0.29) is 48.0 Å². The highest BCUT2D eigenvalue weighted by atomic mass is 35.5. The number of rotatable bonds is 4. The number of non-ortho nitro benzene ring substituents is 1. The van der Waals surface area contributed by atoms with Crippen LogP contribution in [-0.4, -0.2) is 67.2 Å². The van der Waals surface area contributed by atoms with E-state index in [1.807, 2.05) is 0 Å². The van der Waals surface area contributed by atoms with Gasteiger partial charge in [-0.05, 0) is 25.5 Å². The zero-order valence-electron chi connectivity index (χ0n) is 14.0. The van der Waals surface area contributed by atoms with Crippen LogP contribution in [0.5, 0.6) is 0 Å². The van der Waals surface area contributed by atoms with Crippen LogP contribution >= 0.6 is 12.4 Å². The van der Waals surface area contributed by atoms with Crippen molar-refractivity contribution in [2.45, 2.75) is 23.8 Å². The maximum atomic E-state index is 12.7. The number of sulfonamides is 1. The number of nitrogens with zero attached hydrogens (tertiary/aromatic N) is 3. The van der Waals surface area contributed by atoms with E-state index in [0.29, 0.717) is 13.1 Å². The van der Waals surface area contributed by atoms with E-state index in [9.17, 15) is 23.3 Å². The topological polar surface area (TPSA) is 113 Å². The summed E-state index contributed by atoms with van der Waals surface area (Å²) in [5.41, 5.74) is -0.262. The molecule has 1 amide bonds. The predicted molar refractivity (Wildman–Crippen MR) is 96.7 cm³/mol. The Hall–Kier alpha value is -1.75. The summed E-state index contributed by atoms with van der Waals surface area (Å²) >= 11 is 0. The van der Waals surface area contributed by atoms with Gasteiger partial charge >= 0.3 is 0 Å². The van der Waals surface area contributed by atoms with Crippen LogP contribution in [0, 0.1) is 10.1 Å². The third kappa shape index (κ3) is 4.14. The number of benzene rings is 1. The molecule has 0 saturated carbocycles. The fraction of sp³-hybridized carbons (Fsp3) is 0.533. The highest BCUT2D eigenvalue weighted by Gasteiger charge is 2.33. The van der Waals surface area contributed by atoms with Gasteiger partial charge in [-0.15, -0.1) is 12.4 Å². The maximum Gasteiger partial charge on any atom is 0.270 e. The zero-order valence-corrected chi connectivity index (χ0v) is 15.7. The van der Waals surface area contributed by atoms with Gasteiger partial charge in [-0.3, -0.25) is 14.9 Å². The molecule has 2 aliphatic rings. The highest BCUT2D eigenvalue weighted by Crippen LogP contribution is 2.22. The molecule has 1 N–H and O–H groups in total. The summed E-state index contributed by atoms with van der Waals surface area (Å²) in [6.07, 6.45) is 1.78. The Labute approximate surface area is 158 Å². The monoisotopic (exact) mass is 404 g/mol. The molecule has 0 aromatic heterocycles. The molecule has 0 radical (unpaired) electrons. The molecule has 0 spiro atoms. The second-order valence-corrected chi connectivity index (χ2v) is 8.07. The number of halogens is 1. The summed E-state index contributed by atoms with van der Waals surface area (Å²) in [4.78, 5) is 24.2. The van der Waals surface area contributed by atoms with E-state index in [4.69, 9.17) is 0 Å². The Balaban J connectivity index is 0.00000243. The summed E-state index contributed by atoms with van der Waals surface area (Å²) in [5, 5.41) is 14.0. The molecule has 0 bridgehead atoms. The van der Waals surface area contributed by atoms with Crippen LogP contribution in [0.4, 0.5) is 5.69 Å². The molecule has 2 aliphatic heterocycles. The minimum Gasteiger partial charge on any atom is -0.339 e. The van der Waals surface area contributed by atoms with Crippen molar-refractivity contribution in [3.63, 3.8) is 0 Å². The van der Waals surface area contributed by atoms with Crippen molar-refractivity contribution in [2.24, 2.45) is 0 Å². The summed E-state index contributed by atoms with van der Waals surface area (Å²) in [5.74, 6) is 0.0184. The Morgan fingerprint density at radius 1 is 1.23 bits per heavy atom. The standard InChI is InChI=1S/C15H20N4O5S.ClH/c20-15(14-5-2-6-16-14)17-7-9-18(10-8-17)25(23,24)13-4-1-3-12(11-13)19(21)22;/h1,3-4,11,14,16H,2,5-10H2;1H. The van der Waals surface area contributed by atoms with E-state index in [2.05, 4.69) is 5.32 Å². The molecule has 3 rings (SSSR count). The molecule has 1 atom stereocenters. The number of nitro benzene ring substituents is 1. The van der Waals surface area contributed by atoms with Gasteiger partial charge in [0.15, 0.2) is 0 Å². The highest BCUT2D eigenvalue weighted by molar-refractivity contribution is 7.89. The van der Waals surface area contributed by atoms with Gasteiger partial charge in [0.2, 0.25) is 15.9 Å². The molecule has 0 aliphatic carbocycles.